The van der Waals surface area contributed by atoms with E-state index < -0.39 is 0 Å². The van der Waals surface area contributed by atoms with Crippen molar-refractivity contribution in [3.8, 4) is 0 Å². The molecule has 3 nitrogen and oxygen atoms in total. The Morgan fingerprint density at radius 2 is 2.50 bits per heavy atom. The van der Waals surface area contributed by atoms with Crippen molar-refractivity contribution in [3.63, 3.8) is 0 Å². The summed E-state index contributed by atoms with van der Waals surface area (Å²) in [7, 11) is 0. The van der Waals surface area contributed by atoms with E-state index >= 15 is 0 Å². The summed E-state index contributed by atoms with van der Waals surface area (Å²) < 4.78 is 0. The first-order chi connectivity index (χ1) is 5.89. The van der Waals surface area contributed by atoms with Crippen molar-refractivity contribution < 1.29 is 0 Å². The Labute approximate surface area is 70.6 Å². The molecule has 0 N–H and O–H groups in total. The number of nitrogens with zero attached hydrogens (tertiary/aromatic N) is 3. The largest absolute Gasteiger partial charge is 0.265 e. The van der Waals surface area contributed by atoms with Gasteiger partial charge in [0, 0.05) is 12.0 Å². The van der Waals surface area contributed by atoms with Crippen molar-refractivity contribution in [2.24, 2.45) is 10.4 Å². The molecule has 1 atom stereocenters. The highest BCUT2D eigenvalue weighted by Gasteiger charge is 2.56. The molecule has 5 rings (SSSR count). The maximum Gasteiger partial charge on any atom is 0.111 e. The Morgan fingerprint density at radius 3 is 3.42 bits per heavy atom. The van der Waals surface area contributed by atoms with Crippen LogP contribution < -0.4 is 0 Å². The Kier molecular flexibility index (Phi) is 0.635. The molecule has 0 aromatic carbocycles. The van der Waals surface area contributed by atoms with E-state index in [1.165, 1.54) is 17.7 Å². The van der Waals surface area contributed by atoms with Gasteiger partial charge < -0.3 is 0 Å². The second-order valence-electron chi connectivity index (χ2n) is 3.99. The van der Waals surface area contributed by atoms with Gasteiger partial charge in [-0.15, -0.1) is 0 Å². The maximum absolute atomic E-state index is 4.24. The molecule has 1 spiro atoms. The zero-order chi connectivity index (χ0) is 7.76. The van der Waals surface area contributed by atoms with Crippen molar-refractivity contribution in [1.29, 1.82) is 0 Å². The third kappa shape index (κ3) is 0.368. The Bertz CT molecular complexity index is 366. The minimum absolute atomic E-state index is 0.405. The molecular weight excluding hydrogens is 150 g/mol. The highest BCUT2D eigenvalue weighted by molar-refractivity contribution is 5.67. The molecule has 0 radical (unpaired) electrons. The number of allylic oxidation sites excluding steroid dienone is 2. The van der Waals surface area contributed by atoms with Gasteiger partial charge >= 0.3 is 0 Å². The van der Waals surface area contributed by atoms with Gasteiger partial charge in [-0.25, -0.2) is 0 Å². The lowest BCUT2D eigenvalue weighted by atomic mass is 9.74. The number of hydrogen-bond donors (Lipinski definition) is 0. The summed E-state index contributed by atoms with van der Waals surface area (Å²) in [6.07, 6.45) is 7.87. The molecule has 60 valence electrons. The van der Waals surface area contributed by atoms with E-state index in [2.05, 4.69) is 27.2 Å². The van der Waals surface area contributed by atoms with E-state index in [0.717, 1.165) is 13.2 Å². The van der Waals surface area contributed by atoms with Crippen LogP contribution in [0.15, 0.2) is 28.4 Å². The standard InChI is InChI=1S/C9H9N3/c1-2-9-3-7(1)8(9)12-6-10-5-11(12)4-9/h1-2,6H,3-5H2/t9-/m1/s1. The average molecular weight is 159 g/mol. The van der Waals surface area contributed by atoms with Crippen LogP contribution in [0.1, 0.15) is 6.42 Å². The summed E-state index contributed by atoms with van der Waals surface area (Å²) in [6, 6.07) is 0. The number of rotatable bonds is 0. The Hall–Kier alpha value is -1.09. The highest BCUT2D eigenvalue weighted by Crippen LogP contribution is 2.59. The molecule has 3 aliphatic carbocycles. The molecule has 0 saturated carbocycles. The molecule has 2 heterocycles. The quantitative estimate of drug-likeness (QED) is 0.519. The van der Waals surface area contributed by atoms with Crippen molar-refractivity contribution in [1.82, 2.24) is 10.0 Å². The van der Waals surface area contributed by atoms with E-state index in [4.69, 9.17) is 0 Å². The summed E-state index contributed by atoms with van der Waals surface area (Å²) in [4.78, 5) is 4.24. The monoisotopic (exact) mass is 159 g/mol. The fraction of sp³-hybridized carbons (Fsp3) is 0.444. The molecule has 0 aromatic rings. The summed E-state index contributed by atoms with van der Waals surface area (Å²) in [5, 5.41) is 4.55. The normalized spacial score (nSPS) is 40.8. The van der Waals surface area contributed by atoms with E-state index in [-0.39, 0.29) is 0 Å². The Morgan fingerprint density at radius 1 is 1.50 bits per heavy atom. The lowest BCUT2D eigenvalue weighted by Crippen LogP contribution is -2.29. The van der Waals surface area contributed by atoms with Gasteiger partial charge in [-0.2, -0.15) is 5.01 Å². The fourth-order valence-electron chi connectivity index (χ4n) is 2.82. The summed E-state index contributed by atoms with van der Waals surface area (Å²) in [5.41, 5.74) is 3.43. The second kappa shape index (κ2) is 1.38. The van der Waals surface area contributed by atoms with Crippen molar-refractivity contribution in [2.45, 2.75) is 6.42 Å². The topological polar surface area (TPSA) is 18.8 Å². The van der Waals surface area contributed by atoms with Gasteiger partial charge in [0.05, 0.1) is 5.70 Å². The predicted molar refractivity (Wildman–Crippen MR) is 45.1 cm³/mol. The summed E-state index contributed by atoms with van der Waals surface area (Å²) in [5.74, 6) is 0. The zero-order valence-electron chi connectivity index (χ0n) is 6.70. The van der Waals surface area contributed by atoms with Crippen LogP contribution >= 0.6 is 0 Å². The molecule has 2 aliphatic heterocycles. The zero-order valence-corrected chi connectivity index (χ0v) is 6.70. The smallest absolute Gasteiger partial charge is 0.111 e. The van der Waals surface area contributed by atoms with E-state index in [9.17, 15) is 0 Å². The minimum Gasteiger partial charge on any atom is -0.265 e. The third-order valence-electron chi connectivity index (χ3n) is 3.32. The molecular formula is C9H9N3. The van der Waals surface area contributed by atoms with Gasteiger partial charge in [0.15, 0.2) is 0 Å². The van der Waals surface area contributed by atoms with Crippen LogP contribution in [0.2, 0.25) is 0 Å². The van der Waals surface area contributed by atoms with Crippen LogP contribution in [0.3, 0.4) is 0 Å². The van der Waals surface area contributed by atoms with Crippen LogP contribution in [-0.4, -0.2) is 29.6 Å². The van der Waals surface area contributed by atoms with Gasteiger partial charge in [0.25, 0.3) is 0 Å². The van der Waals surface area contributed by atoms with Gasteiger partial charge in [-0.3, -0.25) is 10.0 Å². The summed E-state index contributed by atoms with van der Waals surface area (Å²) >= 11 is 0. The lowest BCUT2D eigenvalue weighted by molar-refractivity contribution is 0.157. The fourth-order valence-corrected chi connectivity index (χ4v) is 2.82. The molecule has 5 aliphatic rings. The van der Waals surface area contributed by atoms with Crippen LogP contribution in [0.4, 0.5) is 0 Å². The third-order valence-corrected chi connectivity index (χ3v) is 3.32. The average Bonchev–Trinajstić information content (AvgIpc) is 2.65. The van der Waals surface area contributed by atoms with E-state index in [1.54, 1.807) is 0 Å². The van der Waals surface area contributed by atoms with Gasteiger partial charge in [0.1, 0.15) is 13.0 Å². The van der Waals surface area contributed by atoms with Crippen LogP contribution in [-0.2, 0) is 0 Å². The van der Waals surface area contributed by atoms with Crippen LogP contribution in [0, 0.1) is 5.41 Å². The minimum atomic E-state index is 0.405. The van der Waals surface area contributed by atoms with Gasteiger partial charge in [0.2, 0.25) is 0 Å². The Balaban J connectivity index is 1.94. The molecule has 12 heavy (non-hydrogen) atoms. The molecule has 0 aromatic heterocycles. The number of aliphatic imine (C=N–C) groups is 1. The van der Waals surface area contributed by atoms with Gasteiger partial charge in [-0.05, 0) is 12.0 Å². The molecule has 1 fully saturated rings. The van der Waals surface area contributed by atoms with Gasteiger partial charge in [-0.1, -0.05) is 12.2 Å². The molecule has 2 bridgehead atoms. The number of hydrazine groups is 1. The maximum atomic E-state index is 4.24. The molecule has 0 amide bonds. The van der Waals surface area contributed by atoms with Crippen LogP contribution in [0.25, 0.3) is 0 Å². The van der Waals surface area contributed by atoms with Crippen molar-refractivity contribution in [3.05, 3.63) is 23.4 Å². The molecule has 1 saturated heterocycles. The highest BCUT2D eigenvalue weighted by atomic mass is 15.7. The van der Waals surface area contributed by atoms with Crippen molar-refractivity contribution >= 4 is 6.34 Å². The second-order valence-corrected chi connectivity index (χ2v) is 3.99. The summed E-state index contributed by atoms with van der Waals surface area (Å²) in [6.45, 7) is 1.99. The predicted octanol–water partition coefficient (Wildman–Crippen LogP) is 0.732. The first-order valence-electron chi connectivity index (χ1n) is 4.36. The number of fused-ring (bicyclic) bond motifs is 1. The lowest BCUT2D eigenvalue weighted by Gasteiger charge is -2.32. The first kappa shape index (κ1) is 5.54. The SMILES string of the molecule is C1=C[C@]23CC1=C2N1C=NCN1C3. The van der Waals surface area contributed by atoms with Crippen LogP contribution in [0.5, 0.6) is 0 Å². The van der Waals surface area contributed by atoms with E-state index in [1.807, 2.05) is 6.34 Å². The molecule has 3 heteroatoms. The van der Waals surface area contributed by atoms with Crippen molar-refractivity contribution in [2.75, 3.05) is 13.2 Å². The number of hydrogen-bond acceptors (Lipinski definition) is 3. The molecule has 0 unspecified atom stereocenters. The van der Waals surface area contributed by atoms with E-state index in [0.29, 0.717) is 5.41 Å². The first-order valence-corrected chi connectivity index (χ1v) is 4.36.